The van der Waals surface area contributed by atoms with Crippen LogP contribution in [-0.2, 0) is 11.3 Å². The first-order chi connectivity index (χ1) is 9.24. The van der Waals surface area contributed by atoms with Gasteiger partial charge in [0.25, 0.3) is 0 Å². The van der Waals surface area contributed by atoms with E-state index in [2.05, 4.69) is 5.32 Å². The lowest BCUT2D eigenvalue weighted by Crippen LogP contribution is -2.24. The first kappa shape index (κ1) is 14.4. The molecular weight excluding hydrogens is 248 g/mol. The van der Waals surface area contributed by atoms with Crippen molar-refractivity contribution in [1.29, 1.82) is 0 Å². The van der Waals surface area contributed by atoms with E-state index in [1.54, 1.807) is 0 Å². The van der Waals surface area contributed by atoms with Crippen molar-refractivity contribution in [2.45, 2.75) is 44.8 Å². The van der Waals surface area contributed by atoms with Gasteiger partial charge in [0.15, 0.2) is 0 Å². The van der Waals surface area contributed by atoms with Crippen molar-refractivity contribution in [3.8, 4) is 0 Å². The third kappa shape index (κ3) is 5.25. The molecule has 106 valence electrons. The Labute approximate surface area is 113 Å². The summed E-state index contributed by atoms with van der Waals surface area (Å²) >= 11 is 0. The highest BCUT2D eigenvalue weighted by Crippen LogP contribution is 2.19. The molecule has 0 atom stereocenters. The standard InChI is InChI=1S/C15H21F2NO/c16-13-8-12(9-14(17)10-13)11-18-6-7-19-15-4-2-1-3-5-15/h8-10,15,18H,1-7,11H2. The summed E-state index contributed by atoms with van der Waals surface area (Å²) in [7, 11) is 0. The van der Waals surface area contributed by atoms with Crippen LogP contribution in [0.1, 0.15) is 37.7 Å². The first-order valence-electron chi connectivity index (χ1n) is 7.01. The SMILES string of the molecule is Fc1cc(F)cc(CNCCOC2CCCCC2)c1. The van der Waals surface area contributed by atoms with Crippen LogP contribution in [0.4, 0.5) is 8.78 Å². The molecule has 0 aromatic heterocycles. The predicted molar refractivity (Wildman–Crippen MR) is 70.9 cm³/mol. The summed E-state index contributed by atoms with van der Waals surface area (Å²) in [5, 5.41) is 3.14. The lowest BCUT2D eigenvalue weighted by Gasteiger charge is -2.22. The molecule has 0 unspecified atom stereocenters. The van der Waals surface area contributed by atoms with Gasteiger partial charge in [-0.2, -0.15) is 0 Å². The maximum atomic E-state index is 13.0. The van der Waals surface area contributed by atoms with Crippen molar-refractivity contribution in [3.63, 3.8) is 0 Å². The minimum absolute atomic E-state index is 0.405. The molecule has 0 aliphatic heterocycles. The average Bonchev–Trinajstić information content (AvgIpc) is 2.38. The molecule has 19 heavy (non-hydrogen) atoms. The van der Waals surface area contributed by atoms with Gasteiger partial charge in [-0.3, -0.25) is 0 Å². The lowest BCUT2D eigenvalue weighted by atomic mass is 9.98. The number of hydrogen-bond acceptors (Lipinski definition) is 2. The van der Waals surface area contributed by atoms with Gasteiger partial charge < -0.3 is 10.1 Å². The van der Waals surface area contributed by atoms with Gasteiger partial charge in [0.2, 0.25) is 0 Å². The molecule has 1 aliphatic rings. The second-order valence-corrected chi connectivity index (χ2v) is 5.09. The highest BCUT2D eigenvalue weighted by Gasteiger charge is 2.12. The quantitative estimate of drug-likeness (QED) is 0.799. The van der Waals surface area contributed by atoms with E-state index in [1.807, 2.05) is 0 Å². The molecule has 0 bridgehead atoms. The molecule has 0 spiro atoms. The molecule has 0 amide bonds. The largest absolute Gasteiger partial charge is 0.377 e. The van der Waals surface area contributed by atoms with Crippen molar-refractivity contribution in [3.05, 3.63) is 35.4 Å². The fourth-order valence-electron chi connectivity index (χ4n) is 2.48. The summed E-state index contributed by atoms with van der Waals surface area (Å²) in [6, 6.07) is 3.58. The smallest absolute Gasteiger partial charge is 0.126 e. The van der Waals surface area contributed by atoms with Gasteiger partial charge in [0.05, 0.1) is 12.7 Å². The molecule has 0 heterocycles. The lowest BCUT2D eigenvalue weighted by molar-refractivity contribution is 0.0302. The number of nitrogens with one attached hydrogen (secondary N) is 1. The van der Waals surface area contributed by atoms with Crippen LogP contribution in [0.15, 0.2) is 18.2 Å². The topological polar surface area (TPSA) is 21.3 Å². The molecule has 0 saturated heterocycles. The Bertz CT molecular complexity index is 371. The van der Waals surface area contributed by atoms with Crippen molar-refractivity contribution in [2.24, 2.45) is 0 Å². The molecular formula is C15H21F2NO. The van der Waals surface area contributed by atoms with Crippen LogP contribution in [0.3, 0.4) is 0 Å². The third-order valence-corrected chi connectivity index (χ3v) is 3.44. The van der Waals surface area contributed by atoms with E-state index in [-0.39, 0.29) is 0 Å². The van der Waals surface area contributed by atoms with Gasteiger partial charge in [-0.05, 0) is 30.5 Å². The normalized spacial score (nSPS) is 16.7. The van der Waals surface area contributed by atoms with Crippen LogP contribution in [-0.4, -0.2) is 19.3 Å². The average molecular weight is 269 g/mol. The van der Waals surface area contributed by atoms with Crippen LogP contribution in [0, 0.1) is 11.6 Å². The highest BCUT2D eigenvalue weighted by molar-refractivity contribution is 5.17. The Morgan fingerprint density at radius 3 is 2.42 bits per heavy atom. The van der Waals surface area contributed by atoms with Crippen molar-refractivity contribution in [2.75, 3.05) is 13.2 Å². The third-order valence-electron chi connectivity index (χ3n) is 3.44. The Morgan fingerprint density at radius 1 is 1.05 bits per heavy atom. The number of rotatable bonds is 6. The summed E-state index contributed by atoms with van der Waals surface area (Å²) < 4.78 is 31.7. The zero-order valence-corrected chi connectivity index (χ0v) is 11.1. The van der Waals surface area contributed by atoms with Crippen LogP contribution >= 0.6 is 0 Å². The Morgan fingerprint density at radius 2 is 1.74 bits per heavy atom. The first-order valence-corrected chi connectivity index (χ1v) is 7.01. The fraction of sp³-hybridized carbons (Fsp3) is 0.600. The molecule has 0 radical (unpaired) electrons. The van der Waals surface area contributed by atoms with E-state index in [4.69, 9.17) is 4.74 Å². The van der Waals surface area contributed by atoms with Crippen LogP contribution < -0.4 is 5.32 Å². The molecule has 2 rings (SSSR count). The van der Waals surface area contributed by atoms with Gasteiger partial charge in [-0.25, -0.2) is 8.78 Å². The van der Waals surface area contributed by atoms with Gasteiger partial charge >= 0.3 is 0 Å². The molecule has 1 aromatic rings. The number of benzene rings is 1. The maximum Gasteiger partial charge on any atom is 0.126 e. The van der Waals surface area contributed by atoms with E-state index in [0.29, 0.717) is 31.4 Å². The van der Waals surface area contributed by atoms with E-state index in [9.17, 15) is 8.78 Å². The zero-order chi connectivity index (χ0) is 13.5. The fourth-order valence-corrected chi connectivity index (χ4v) is 2.48. The monoisotopic (exact) mass is 269 g/mol. The minimum atomic E-state index is -0.532. The molecule has 1 saturated carbocycles. The number of ether oxygens (including phenoxy) is 1. The van der Waals surface area contributed by atoms with Gasteiger partial charge in [-0.15, -0.1) is 0 Å². The summed E-state index contributed by atoms with van der Waals surface area (Å²) in [4.78, 5) is 0. The Hall–Kier alpha value is -1.00. The van der Waals surface area contributed by atoms with E-state index in [1.165, 1.54) is 31.4 Å². The van der Waals surface area contributed by atoms with Crippen molar-refractivity contribution >= 4 is 0 Å². The maximum absolute atomic E-state index is 13.0. The molecule has 4 heteroatoms. The molecule has 1 fully saturated rings. The molecule has 1 aliphatic carbocycles. The molecule has 2 nitrogen and oxygen atoms in total. The van der Waals surface area contributed by atoms with Gasteiger partial charge in [0.1, 0.15) is 11.6 Å². The Balaban J connectivity index is 1.60. The van der Waals surface area contributed by atoms with Crippen LogP contribution in [0.2, 0.25) is 0 Å². The van der Waals surface area contributed by atoms with Crippen molar-refractivity contribution < 1.29 is 13.5 Å². The van der Waals surface area contributed by atoms with E-state index < -0.39 is 11.6 Å². The van der Waals surface area contributed by atoms with E-state index >= 15 is 0 Å². The zero-order valence-electron chi connectivity index (χ0n) is 11.1. The predicted octanol–water partition coefficient (Wildman–Crippen LogP) is 3.40. The van der Waals surface area contributed by atoms with E-state index in [0.717, 1.165) is 18.9 Å². The molecule has 1 aromatic carbocycles. The van der Waals surface area contributed by atoms with Crippen LogP contribution in [0.5, 0.6) is 0 Å². The number of halogens is 2. The molecule has 1 N–H and O–H groups in total. The summed E-state index contributed by atoms with van der Waals surface area (Å²) in [6.07, 6.45) is 6.58. The van der Waals surface area contributed by atoms with Gasteiger partial charge in [-0.1, -0.05) is 19.3 Å². The summed E-state index contributed by atoms with van der Waals surface area (Å²) in [5.41, 5.74) is 0.621. The number of hydrogen-bond donors (Lipinski definition) is 1. The highest BCUT2D eigenvalue weighted by atomic mass is 19.1. The minimum Gasteiger partial charge on any atom is -0.377 e. The van der Waals surface area contributed by atoms with Crippen molar-refractivity contribution in [1.82, 2.24) is 5.32 Å². The second-order valence-electron chi connectivity index (χ2n) is 5.09. The summed E-state index contributed by atoms with van der Waals surface area (Å²) in [6.45, 7) is 1.82. The Kier molecular flexibility index (Phi) is 5.73. The van der Waals surface area contributed by atoms with Crippen LogP contribution in [0.25, 0.3) is 0 Å². The van der Waals surface area contributed by atoms with Gasteiger partial charge in [0, 0.05) is 19.2 Å². The summed E-state index contributed by atoms with van der Waals surface area (Å²) in [5.74, 6) is -1.06. The second kappa shape index (κ2) is 7.56.